The summed E-state index contributed by atoms with van der Waals surface area (Å²) in [5, 5.41) is 20.5. The van der Waals surface area contributed by atoms with Crippen LogP contribution in [0.2, 0.25) is 0 Å². The first kappa shape index (κ1) is 30.6. The number of likely N-dealkylation sites (N-methyl/N-ethyl adjacent to an activating group) is 1. The maximum absolute atomic E-state index is 13.5. The lowest BCUT2D eigenvalue weighted by Gasteiger charge is -2.34. The Morgan fingerprint density at radius 2 is 1.81 bits per heavy atom. The zero-order valence-corrected chi connectivity index (χ0v) is 24.9. The van der Waals surface area contributed by atoms with Crippen LogP contribution in [-0.2, 0) is 11.2 Å². The fourth-order valence-electron chi connectivity index (χ4n) is 5.05. The lowest BCUT2D eigenvalue weighted by molar-refractivity contribution is -0.134. The number of benzene rings is 3. The number of ether oxygens (including phenoxy) is 1. The molecule has 4 N–H and O–H groups in total. The van der Waals surface area contributed by atoms with Crippen molar-refractivity contribution >= 4 is 40.1 Å². The van der Waals surface area contributed by atoms with Gasteiger partial charge in [-0.05, 0) is 50.4 Å². The number of aliphatic hydroxyl groups excluding tert-OH is 1. The Balaban J connectivity index is 1.58. The highest BCUT2D eigenvalue weighted by molar-refractivity contribution is 6.06. The third-order valence-corrected chi connectivity index (χ3v) is 7.42. The fraction of sp³-hybridized carbons (Fsp3) is 0.406. The number of carbonyl (C=O) groups excluding carboxylic acids is 3. The number of fused-ring (bicyclic) bond motifs is 2. The van der Waals surface area contributed by atoms with Crippen LogP contribution in [0.15, 0.2) is 60.7 Å². The molecule has 1 aliphatic rings. The molecule has 0 saturated carbocycles. The molecule has 0 bridgehead atoms. The Hall–Kier alpha value is -4.31. The van der Waals surface area contributed by atoms with Gasteiger partial charge in [0.25, 0.3) is 0 Å². The smallest absolute Gasteiger partial charge is 0.323 e. The van der Waals surface area contributed by atoms with E-state index in [0.717, 1.165) is 10.8 Å². The van der Waals surface area contributed by atoms with Crippen LogP contribution in [0.5, 0.6) is 5.75 Å². The van der Waals surface area contributed by atoms with Crippen LogP contribution >= 0.6 is 0 Å². The number of anilines is 2. The standard InChI is InChI=1S/C32H41N5O5/c1-20(2)33-32(41)36(5)18-29-21(3)17-37(22(4)19-38)30(39)16-24-15-25(13-14-28(24)42-29)34-31(40)35-27-12-8-10-23-9-6-7-11-26(23)27/h6-15,20-22,29,38H,16-19H2,1-5H3,(H,33,41)(H2,34,35,40)/t21-,22+,29+/m1/s1. The molecule has 5 amide bonds. The van der Waals surface area contributed by atoms with Crippen molar-refractivity contribution in [3.05, 3.63) is 66.2 Å². The summed E-state index contributed by atoms with van der Waals surface area (Å²) in [6.07, 6.45) is -0.400. The molecular weight excluding hydrogens is 534 g/mol. The first-order valence-corrected chi connectivity index (χ1v) is 14.3. The van der Waals surface area contributed by atoms with Crippen molar-refractivity contribution in [3.63, 3.8) is 0 Å². The summed E-state index contributed by atoms with van der Waals surface area (Å²) in [4.78, 5) is 42.3. The highest BCUT2D eigenvalue weighted by Crippen LogP contribution is 2.30. The predicted octanol–water partition coefficient (Wildman–Crippen LogP) is 4.68. The molecule has 10 heteroatoms. The zero-order valence-electron chi connectivity index (χ0n) is 24.9. The molecule has 3 aromatic carbocycles. The molecule has 3 aromatic rings. The van der Waals surface area contributed by atoms with Crippen LogP contribution in [0.1, 0.15) is 33.3 Å². The van der Waals surface area contributed by atoms with E-state index in [1.165, 1.54) is 0 Å². The predicted molar refractivity (Wildman–Crippen MR) is 165 cm³/mol. The van der Waals surface area contributed by atoms with E-state index in [1.54, 1.807) is 42.0 Å². The van der Waals surface area contributed by atoms with Gasteiger partial charge >= 0.3 is 12.1 Å². The maximum Gasteiger partial charge on any atom is 0.323 e. The third kappa shape index (κ3) is 7.50. The Morgan fingerprint density at radius 3 is 2.55 bits per heavy atom. The molecule has 0 saturated heterocycles. The van der Waals surface area contributed by atoms with Crippen molar-refractivity contribution in [1.82, 2.24) is 15.1 Å². The van der Waals surface area contributed by atoms with Crippen molar-refractivity contribution in [1.29, 1.82) is 0 Å². The summed E-state index contributed by atoms with van der Waals surface area (Å²) >= 11 is 0. The van der Waals surface area contributed by atoms with E-state index in [-0.39, 0.29) is 36.9 Å². The van der Waals surface area contributed by atoms with Gasteiger partial charge in [-0.25, -0.2) is 9.59 Å². The van der Waals surface area contributed by atoms with E-state index < -0.39 is 18.2 Å². The minimum atomic E-state index is -0.431. The molecule has 4 rings (SSSR count). The first-order valence-electron chi connectivity index (χ1n) is 14.3. The van der Waals surface area contributed by atoms with Crippen molar-refractivity contribution in [3.8, 4) is 5.75 Å². The van der Waals surface area contributed by atoms with Crippen molar-refractivity contribution < 1.29 is 24.2 Å². The average Bonchev–Trinajstić information content (AvgIpc) is 2.99. The van der Waals surface area contributed by atoms with Crippen LogP contribution < -0.4 is 20.7 Å². The van der Waals surface area contributed by atoms with Gasteiger partial charge in [0.1, 0.15) is 11.9 Å². The van der Waals surface area contributed by atoms with E-state index in [9.17, 15) is 19.5 Å². The summed E-state index contributed by atoms with van der Waals surface area (Å²) in [6, 6.07) is 17.7. The van der Waals surface area contributed by atoms with Gasteiger partial charge in [0.05, 0.1) is 31.3 Å². The Labute approximate surface area is 247 Å². The second kappa shape index (κ2) is 13.6. The van der Waals surface area contributed by atoms with Crippen molar-refractivity contribution in [2.45, 2.75) is 52.3 Å². The molecule has 1 aliphatic heterocycles. The van der Waals surface area contributed by atoms with E-state index >= 15 is 0 Å². The van der Waals surface area contributed by atoms with Crippen LogP contribution in [0.3, 0.4) is 0 Å². The zero-order chi connectivity index (χ0) is 30.4. The molecule has 0 fully saturated rings. The molecule has 0 aliphatic carbocycles. The molecule has 42 heavy (non-hydrogen) atoms. The van der Waals surface area contributed by atoms with Crippen LogP contribution in [0, 0.1) is 5.92 Å². The normalized spacial score (nSPS) is 17.8. The fourth-order valence-corrected chi connectivity index (χ4v) is 5.05. The van der Waals surface area contributed by atoms with Gasteiger partial charge in [0.15, 0.2) is 0 Å². The van der Waals surface area contributed by atoms with Crippen molar-refractivity contribution in [2.24, 2.45) is 5.92 Å². The van der Waals surface area contributed by atoms with Gasteiger partial charge < -0.3 is 35.6 Å². The summed E-state index contributed by atoms with van der Waals surface area (Å²) in [7, 11) is 1.71. The lowest BCUT2D eigenvalue weighted by Crippen LogP contribution is -2.49. The number of nitrogens with one attached hydrogen (secondary N) is 3. The highest BCUT2D eigenvalue weighted by Gasteiger charge is 2.32. The number of amides is 5. The van der Waals surface area contributed by atoms with E-state index in [4.69, 9.17) is 4.74 Å². The molecule has 0 aromatic heterocycles. The van der Waals surface area contributed by atoms with Crippen LogP contribution in [-0.4, -0.2) is 77.8 Å². The summed E-state index contributed by atoms with van der Waals surface area (Å²) in [6.45, 7) is 8.05. The van der Waals surface area contributed by atoms with Crippen LogP contribution in [0.25, 0.3) is 10.8 Å². The van der Waals surface area contributed by atoms with E-state index in [1.807, 2.05) is 63.2 Å². The van der Waals surface area contributed by atoms with Gasteiger partial charge in [-0.15, -0.1) is 0 Å². The third-order valence-electron chi connectivity index (χ3n) is 7.42. The molecule has 0 spiro atoms. The minimum Gasteiger partial charge on any atom is -0.488 e. The summed E-state index contributed by atoms with van der Waals surface area (Å²) in [5.41, 5.74) is 1.79. The molecule has 0 unspecified atom stereocenters. The molecule has 224 valence electrons. The van der Waals surface area contributed by atoms with E-state index in [2.05, 4.69) is 16.0 Å². The van der Waals surface area contributed by atoms with E-state index in [0.29, 0.717) is 35.8 Å². The second-order valence-electron chi connectivity index (χ2n) is 11.3. The van der Waals surface area contributed by atoms with Gasteiger partial charge in [0, 0.05) is 42.2 Å². The molecule has 10 nitrogen and oxygen atoms in total. The number of rotatable bonds is 7. The quantitative estimate of drug-likeness (QED) is 0.326. The number of aliphatic hydroxyl groups is 1. The van der Waals surface area contributed by atoms with Crippen LogP contribution in [0.4, 0.5) is 21.0 Å². The SMILES string of the molecule is CC(C)NC(=O)N(C)C[C@@H]1Oc2ccc(NC(=O)Nc3cccc4ccccc34)cc2CC(=O)N([C@@H](C)CO)C[C@H]1C. The minimum absolute atomic E-state index is 0.0122. The van der Waals surface area contributed by atoms with Gasteiger partial charge in [-0.2, -0.15) is 0 Å². The molecule has 3 atom stereocenters. The van der Waals surface area contributed by atoms with Gasteiger partial charge in [0.2, 0.25) is 5.91 Å². The topological polar surface area (TPSA) is 123 Å². The summed E-state index contributed by atoms with van der Waals surface area (Å²) in [5.74, 6) is 0.209. The molecular formula is C32H41N5O5. The lowest BCUT2D eigenvalue weighted by atomic mass is 10.0. The number of urea groups is 2. The van der Waals surface area contributed by atoms with Gasteiger partial charge in [-0.1, -0.05) is 43.3 Å². The second-order valence-corrected chi connectivity index (χ2v) is 11.3. The Morgan fingerprint density at radius 1 is 1.07 bits per heavy atom. The first-order chi connectivity index (χ1) is 20.0. The number of hydrogen-bond acceptors (Lipinski definition) is 5. The van der Waals surface area contributed by atoms with Gasteiger partial charge in [-0.3, -0.25) is 4.79 Å². The largest absolute Gasteiger partial charge is 0.488 e. The maximum atomic E-state index is 13.5. The number of nitrogens with zero attached hydrogens (tertiary/aromatic N) is 2. The molecule has 1 heterocycles. The number of carbonyl (C=O) groups is 3. The summed E-state index contributed by atoms with van der Waals surface area (Å²) < 4.78 is 6.48. The van der Waals surface area contributed by atoms with Crippen molar-refractivity contribution in [2.75, 3.05) is 37.4 Å². The monoisotopic (exact) mass is 575 g/mol. The molecule has 0 radical (unpaired) electrons. The average molecular weight is 576 g/mol. The Bertz CT molecular complexity index is 1420. The number of hydrogen-bond donors (Lipinski definition) is 4. The Kier molecular flexibility index (Phi) is 9.90. The highest BCUT2D eigenvalue weighted by atomic mass is 16.5.